The van der Waals surface area contributed by atoms with Gasteiger partial charge in [-0.25, -0.2) is 0 Å². The van der Waals surface area contributed by atoms with E-state index >= 15 is 0 Å². The highest BCUT2D eigenvalue weighted by atomic mass is 19.4. The number of alkyl halides is 3. The van der Waals surface area contributed by atoms with Crippen molar-refractivity contribution in [2.24, 2.45) is 5.92 Å². The van der Waals surface area contributed by atoms with Crippen molar-refractivity contribution >= 4 is 0 Å². The molecule has 0 saturated heterocycles. The van der Waals surface area contributed by atoms with Crippen molar-refractivity contribution in [3.05, 3.63) is 35.4 Å². The molecule has 1 saturated carbocycles. The molecule has 1 aromatic carbocycles. The lowest BCUT2D eigenvalue weighted by molar-refractivity contribution is -0.137. The first-order chi connectivity index (χ1) is 8.95. The molecule has 0 heterocycles. The maximum Gasteiger partial charge on any atom is 0.416 e. The van der Waals surface area contributed by atoms with Crippen LogP contribution in [0.1, 0.15) is 43.2 Å². The van der Waals surface area contributed by atoms with Gasteiger partial charge in [0, 0.05) is 0 Å². The van der Waals surface area contributed by atoms with E-state index in [1.165, 1.54) is 18.9 Å². The lowest BCUT2D eigenvalue weighted by Gasteiger charge is -2.16. The maximum atomic E-state index is 12.6. The summed E-state index contributed by atoms with van der Waals surface area (Å²) in [4.78, 5) is 0. The van der Waals surface area contributed by atoms with Crippen molar-refractivity contribution in [3.8, 4) is 0 Å². The third-order valence-corrected chi connectivity index (χ3v) is 3.81. The van der Waals surface area contributed by atoms with Crippen LogP contribution in [0.4, 0.5) is 13.2 Å². The molecule has 0 aliphatic heterocycles. The van der Waals surface area contributed by atoms with E-state index in [9.17, 15) is 18.3 Å². The van der Waals surface area contributed by atoms with Crippen molar-refractivity contribution in [3.63, 3.8) is 0 Å². The summed E-state index contributed by atoms with van der Waals surface area (Å²) in [6.45, 7) is 0. The Morgan fingerprint density at radius 1 is 1.21 bits per heavy atom. The van der Waals surface area contributed by atoms with Gasteiger partial charge in [0.1, 0.15) is 0 Å². The Morgan fingerprint density at radius 2 is 1.89 bits per heavy atom. The van der Waals surface area contributed by atoms with Crippen molar-refractivity contribution in [1.82, 2.24) is 0 Å². The first kappa shape index (κ1) is 14.4. The molecule has 1 aliphatic carbocycles. The number of halogens is 3. The van der Waals surface area contributed by atoms with E-state index in [-0.39, 0.29) is 0 Å². The molecule has 19 heavy (non-hydrogen) atoms. The standard InChI is InChI=1S/C15H19F3O/c16-15(17,18)13-7-3-6-12(8-13)10-14(19)9-11-4-1-2-5-11/h3,6-8,11,14,19H,1-2,4-5,9-10H2. The Hall–Kier alpha value is -1.03. The molecular weight excluding hydrogens is 253 g/mol. The summed E-state index contributed by atoms with van der Waals surface area (Å²) in [6, 6.07) is 5.25. The van der Waals surface area contributed by atoms with Gasteiger partial charge in [0.2, 0.25) is 0 Å². The Balaban J connectivity index is 1.94. The van der Waals surface area contributed by atoms with Gasteiger partial charge >= 0.3 is 6.18 Å². The van der Waals surface area contributed by atoms with Crippen LogP contribution in [0.15, 0.2) is 24.3 Å². The lowest BCUT2D eigenvalue weighted by atomic mass is 9.95. The quantitative estimate of drug-likeness (QED) is 0.871. The largest absolute Gasteiger partial charge is 0.416 e. The highest BCUT2D eigenvalue weighted by molar-refractivity contribution is 5.26. The second kappa shape index (κ2) is 5.95. The molecule has 0 radical (unpaired) electrons. The van der Waals surface area contributed by atoms with Gasteiger partial charge in [-0.15, -0.1) is 0 Å². The van der Waals surface area contributed by atoms with Crippen LogP contribution < -0.4 is 0 Å². The van der Waals surface area contributed by atoms with Crippen LogP contribution in [0.5, 0.6) is 0 Å². The molecule has 1 N–H and O–H groups in total. The molecule has 1 unspecified atom stereocenters. The normalized spacial score (nSPS) is 18.7. The third kappa shape index (κ3) is 4.23. The van der Waals surface area contributed by atoms with E-state index in [4.69, 9.17) is 0 Å². The van der Waals surface area contributed by atoms with E-state index in [0.29, 0.717) is 24.3 Å². The Morgan fingerprint density at radius 3 is 2.53 bits per heavy atom. The van der Waals surface area contributed by atoms with E-state index in [1.54, 1.807) is 6.07 Å². The first-order valence-corrected chi connectivity index (χ1v) is 6.79. The van der Waals surface area contributed by atoms with Crippen LogP contribution in [0.25, 0.3) is 0 Å². The first-order valence-electron chi connectivity index (χ1n) is 6.79. The van der Waals surface area contributed by atoms with Crippen molar-refractivity contribution in [2.75, 3.05) is 0 Å². The van der Waals surface area contributed by atoms with Gasteiger partial charge in [0.05, 0.1) is 11.7 Å². The highest BCUT2D eigenvalue weighted by Crippen LogP contribution is 2.31. The van der Waals surface area contributed by atoms with E-state index in [2.05, 4.69) is 0 Å². The van der Waals surface area contributed by atoms with Crippen LogP contribution in [0.3, 0.4) is 0 Å². The van der Waals surface area contributed by atoms with Gasteiger partial charge in [0.25, 0.3) is 0 Å². The molecule has 0 spiro atoms. The summed E-state index contributed by atoms with van der Waals surface area (Å²) in [5.41, 5.74) is -0.0848. The summed E-state index contributed by atoms with van der Waals surface area (Å²) < 4.78 is 37.7. The zero-order chi connectivity index (χ0) is 13.9. The van der Waals surface area contributed by atoms with Crippen molar-refractivity contribution in [1.29, 1.82) is 0 Å². The minimum atomic E-state index is -4.31. The van der Waals surface area contributed by atoms with Gasteiger partial charge in [-0.05, 0) is 30.4 Å². The van der Waals surface area contributed by atoms with Gasteiger partial charge in [0.15, 0.2) is 0 Å². The fourth-order valence-electron chi connectivity index (χ4n) is 2.86. The number of hydrogen-bond acceptors (Lipinski definition) is 1. The Bertz CT molecular complexity index is 408. The molecule has 1 atom stereocenters. The minimum Gasteiger partial charge on any atom is -0.393 e. The number of hydrogen-bond donors (Lipinski definition) is 1. The lowest BCUT2D eigenvalue weighted by Crippen LogP contribution is -2.15. The van der Waals surface area contributed by atoms with E-state index in [0.717, 1.165) is 25.0 Å². The number of rotatable bonds is 4. The second-order valence-electron chi connectivity index (χ2n) is 5.44. The minimum absolute atomic E-state index is 0.306. The average molecular weight is 272 g/mol. The molecule has 0 amide bonds. The summed E-state index contributed by atoms with van der Waals surface area (Å²) in [5, 5.41) is 9.98. The summed E-state index contributed by atoms with van der Waals surface area (Å²) in [6.07, 6.45) is 0.858. The van der Waals surface area contributed by atoms with Crippen LogP contribution in [0.2, 0.25) is 0 Å². The maximum absolute atomic E-state index is 12.6. The molecule has 1 fully saturated rings. The molecule has 0 bridgehead atoms. The van der Waals surface area contributed by atoms with Crippen LogP contribution in [-0.2, 0) is 12.6 Å². The van der Waals surface area contributed by atoms with Crippen LogP contribution in [0, 0.1) is 5.92 Å². The van der Waals surface area contributed by atoms with Crippen LogP contribution in [-0.4, -0.2) is 11.2 Å². The summed E-state index contributed by atoms with van der Waals surface area (Å²) >= 11 is 0. The van der Waals surface area contributed by atoms with Crippen LogP contribution >= 0.6 is 0 Å². The second-order valence-corrected chi connectivity index (χ2v) is 5.44. The van der Waals surface area contributed by atoms with Gasteiger partial charge in [-0.2, -0.15) is 13.2 Å². The Labute approximate surface area is 111 Å². The number of benzene rings is 1. The molecule has 2 rings (SSSR count). The summed E-state index contributed by atoms with van der Waals surface area (Å²) in [7, 11) is 0. The predicted octanol–water partition coefficient (Wildman–Crippen LogP) is 4.19. The van der Waals surface area contributed by atoms with Gasteiger partial charge < -0.3 is 5.11 Å². The molecule has 1 nitrogen and oxygen atoms in total. The molecule has 0 aromatic heterocycles. The number of aliphatic hydroxyl groups is 1. The molecule has 1 aliphatic rings. The van der Waals surface area contributed by atoms with Gasteiger partial charge in [-0.3, -0.25) is 0 Å². The van der Waals surface area contributed by atoms with Gasteiger partial charge in [-0.1, -0.05) is 43.9 Å². The van der Waals surface area contributed by atoms with Crippen molar-refractivity contribution < 1.29 is 18.3 Å². The third-order valence-electron chi connectivity index (χ3n) is 3.81. The fourth-order valence-corrected chi connectivity index (χ4v) is 2.86. The number of aliphatic hydroxyl groups excluding tert-OH is 1. The molecule has 1 aromatic rings. The predicted molar refractivity (Wildman–Crippen MR) is 67.7 cm³/mol. The molecule has 4 heteroatoms. The smallest absolute Gasteiger partial charge is 0.393 e. The zero-order valence-corrected chi connectivity index (χ0v) is 10.8. The molecular formula is C15H19F3O. The fraction of sp³-hybridized carbons (Fsp3) is 0.600. The SMILES string of the molecule is OC(Cc1cccc(C(F)(F)F)c1)CC1CCCC1. The Kier molecular flexibility index (Phi) is 4.50. The summed E-state index contributed by atoms with van der Waals surface area (Å²) in [5.74, 6) is 0.542. The van der Waals surface area contributed by atoms with E-state index < -0.39 is 17.8 Å². The van der Waals surface area contributed by atoms with E-state index in [1.807, 2.05) is 0 Å². The topological polar surface area (TPSA) is 20.2 Å². The average Bonchev–Trinajstić information content (AvgIpc) is 2.80. The highest BCUT2D eigenvalue weighted by Gasteiger charge is 2.30. The molecule has 106 valence electrons. The zero-order valence-electron chi connectivity index (χ0n) is 10.8. The monoisotopic (exact) mass is 272 g/mol. The van der Waals surface area contributed by atoms with Crippen molar-refractivity contribution in [2.45, 2.75) is 50.8 Å².